The van der Waals surface area contributed by atoms with Crippen LogP contribution < -0.4 is 0 Å². The smallest absolute Gasteiger partial charge is 0.00104 e. The molecule has 0 aliphatic heterocycles. The van der Waals surface area contributed by atoms with E-state index >= 15 is 0 Å². The van der Waals surface area contributed by atoms with Gasteiger partial charge in [0, 0.05) is 0 Å². The first-order valence-electron chi connectivity index (χ1n) is 33.1. The van der Waals surface area contributed by atoms with Crippen LogP contribution in [-0.2, 0) is 32.1 Å². The van der Waals surface area contributed by atoms with Gasteiger partial charge in [0.2, 0.25) is 0 Å². The van der Waals surface area contributed by atoms with Gasteiger partial charge >= 0.3 is 0 Å². The van der Waals surface area contributed by atoms with Crippen LogP contribution in [-0.4, -0.2) is 0 Å². The van der Waals surface area contributed by atoms with Gasteiger partial charge < -0.3 is 0 Å². The molecule has 446 valence electrons. The third-order valence-corrected chi connectivity index (χ3v) is 13.4. The molecule has 0 unspecified atom stereocenters. The van der Waals surface area contributed by atoms with Crippen molar-refractivity contribution in [2.45, 2.75) is 198 Å². The van der Waals surface area contributed by atoms with Gasteiger partial charge in [-0.25, -0.2) is 0 Å². The van der Waals surface area contributed by atoms with Crippen molar-refractivity contribution in [3.8, 4) is 66.8 Å². The van der Waals surface area contributed by atoms with Crippen molar-refractivity contribution in [2.24, 2.45) is 0 Å². The second kappa shape index (κ2) is 44.5. The monoisotopic (exact) mass is 1110 g/mol. The summed E-state index contributed by atoms with van der Waals surface area (Å²) in [7, 11) is 0. The molecule has 0 amide bonds. The predicted octanol–water partition coefficient (Wildman–Crippen LogP) is 26.9. The van der Waals surface area contributed by atoms with Crippen LogP contribution in [0.15, 0.2) is 194 Å². The molecule has 0 N–H and O–H groups in total. The van der Waals surface area contributed by atoms with Crippen molar-refractivity contribution in [1.29, 1.82) is 0 Å². The Kier molecular flexibility index (Phi) is 40.8. The molecular formula is C83H114. The Labute approximate surface area is 512 Å². The molecule has 14 rings (SSSR count). The Morgan fingerprint density at radius 3 is 0.723 bits per heavy atom. The molecule has 0 aromatic heterocycles. The molecular weight excluding hydrogens is 997 g/mol. The Morgan fingerprint density at radius 1 is 0.157 bits per heavy atom. The fourth-order valence-electron chi connectivity index (χ4n) is 10.6. The van der Waals surface area contributed by atoms with Crippen LogP contribution in [0, 0.1) is 0 Å². The molecule has 0 fully saturated rings. The molecule has 0 saturated heterocycles. The molecule has 5 aliphatic rings. The Balaban J connectivity index is 0.00000103. The number of hydrogen-bond donors (Lipinski definition) is 0. The summed E-state index contributed by atoms with van der Waals surface area (Å²) in [6.07, 6.45) is 5.44. The van der Waals surface area contributed by atoms with E-state index in [4.69, 9.17) is 0 Å². The third-order valence-electron chi connectivity index (χ3n) is 13.4. The third kappa shape index (κ3) is 18.7. The summed E-state index contributed by atoms with van der Waals surface area (Å²) in [5.41, 5.74) is 31.8. The van der Waals surface area contributed by atoms with Gasteiger partial charge in [-0.15, -0.1) is 0 Å². The maximum Gasteiger partial charge on any atom is -0.00104 e. The zero-order chi connectivity index (χ0) is 62.9. The van der Waals surface area contributed by atoms with Crippen molar-refractivity contribution in [3.63, 3.8) is 0 Å². The van der Waals surface area contributed by atoms with Crippen LogP contribution >= 0.6 is 0 Å². The van der Waals surface area contributed by atoms with E-state index in [-0.39, 0.29) is 0 Å². The lowest BCUT2D eigenvalue weighted by Gasteiger charge is -2.07. The van der Waals surface area contributed by atoms with Gasteiger partial charge in [-0.3, -0.25) is 0 Å². The van der Waals surface area contributed by atoms with Crippen molar-refractivity contribution < 1.29 is 0 Å². The lowest BCUT2D eigenvalue weighted by Crippen LogP contribution is -1.90. The number of rotatable bonds is 1. The van der Waals surface area contributed by atoms with E-state index in [1.165, 1.54) is 111 Å². The molecule has 9 aromatic carbocycles. The largest absolute Gasteiger partial charge is 0.0683 e. The second-order valence-electron chi connectivity index (χ2n) is 16.7. The lowest BCUT2D eigenvalue weighted by atomic mass is 9.96. The van der Waals surface area contributed by atoms with E-state index in [9.17, 15) is 0 Å². The van der Waals surface area contributed by atoms with Crippen molar-refractivity contribution >= 4 is 0 Å². The van der Waals surface area contributed by atoms with E-state index in [1.807, 2.05) is 166 Å². The van der Waals surface area contributed by atoms with E-state index in [0.717, 1.165) is 32.1 Å². The molecule has 5 aliphatic carbocycles. The van der Waals surface area contributed by atoms with Crippen LogP contribution in [0.5, 0.6) is 0 Å². The van der Waals surface area contributed by atoms with Crippen LogP contribution in [0.3, 0.4) is 0 Å². The van der Waals surface area contributed by atoms with Crippen LogP contribution in [0.25, 0.3) is 66.8 Å². The first kappa shape index (κ1) is 76.0. The molecule has 0 saturated carbocycles. The lowest BCUT2D eigenvalue weighted by molar-refractivity contribution is 1.16. The zero-order valence-corrected chi connectivity index (χ0v) is 57.0. The standard InChI is InChI=1S/2C20H14.C19H14.12C2H6/c1-3-7-17-13(5-1)9-15-11-20-16(12-19(15)17)10-14-6-2-4-8-18(14)20;1-3-7-15-13(5-1)11-19-17(15)9-10-18-16-8-4-2-6-14(16)12-20(18)19;1-2-6-14(7-3-1)15-10-11-17-12-16-8-4-5-9-18(16)19(17)13-15;12*1-2/h1-8,11-12H,9-10H2;1-10H,11-12H2;1-11,13H,12H2;12*1-2H3. The van der Waals surface area contributed by atoms with Gasteiger partial charge in [0.25, 0.3) is 0 Å². The highest BCUT2D eigenvalue weighted by Gasteiger charge is 2.28. The number of fused-ring (bicyclic) bond motifs is 16. The van der Waals surface area contributed by atoms with Crippen LogP contribution in [0.4, 0.5) is 0 Å². The molecule has 9 aromatic rings. The van der Waals surface area contributed by atoms with Crippen molar-refractivity contribution in [3.05, 3.63) is 250 Å². The zero-order valence-electron chi connectivity index (χ0n) is 57.0. The Morgan fingerprint density at radius 2 is 0.398 bits per heavy atom. The molecule has 0 heteroatoms. The molecule has 0 heterocycles. The van der Waals surface area contributed by atoms with Crippen LogP contribution in [0.1, 0.15) is 222 Å². The molecule has 0 radical (unpaired) electrons. The average Bonchev–Trinajstić information content (AvgIpc) is 4.54. The highest BCUT2D eigenvalue weighted by atomic mass is 14.3. The van der Waals surface area contributed by atoms with Gasteiger partial charge in [0.1, 0.15) is 0 Å². The minimum absolute atomic E-state index is 1.07. The van der Waals surface area contributed by atoms with Gasteiger partial charge in [-0.1, -0.05) is 342 Å². The van der Waals surface area contributed by atoms with E-state index in [0.29, 0.717) is 0 Å². The van der Waals surface area contributed by atoms with Gasteiger partial charge in [0.15, 0.2) is 0 Å². The molecule has 0 spiro atoms. The maximum atomic E-state index is 2.43. The first-order chi connectivity index (χ1) is 41.2. The molecule has 0 atom stereocenters. The fraction of sp³-hybridized carbons (Fsp3) is 0.349. The van der Waals surface area contributed by atoms with Gasteiger partial charge in [-0.05, 0) is 173 Å². The maximum absolute atomic E-state index is 2.43. The molecule has 0 nitrogen and oxygen atoms in total. The number of hydrogen-bond acceptors (Lipinski definition) is 0. The molecule has 0 bridgehead atoms. The second-order valence-corrected chi connectivity index (χ2v) is 16.7. The van der Waals surface area contributed by atoms with E-state index < -0.39 is 0 Å². The van der Waals surface area contributed by atoms with Gasteiger partial charge in [0.05, 0.1) is 0 Å². The highest BCUT2D eigenvalue weighted by molar-refractivity contribution is 5.88. The normalized spacial score (nSPS) is 10.2. The number of benzene rings is 9. The SMILES string of the molecule is CC.CC.CC.CC.CC.CC.CC.CC.CC.CC.CC.CC.c1ccc(-c2ccc3c(c2)-c2ccccc2C3)cc1.c1ccc2c(c1)Cc1c-2ccc2c1Cc1ccccc1-2.c1ccc2c(c1)Cc1cc3c(cc1-2)Cc1ccccc1-3. The summed E-state index contributed by atoms with van der Waals surface area (Å²) in [5.74, 6) is 0. The fourth-order valence-corrected chi connectivity index (χ4v) is 10.6. The Bertz CT molecular complexity index is 2960. The summed E-state index contributed by atoms with van der Waals surface area (Å²) in [4.78, 5) is 0. The van der Waals surface area contributed by atoms with Crippen molar-refractivity contribution in [2.75, 3.05) is 0 Å². The summed E-state index contributed by atoms with van der Waals surface area (Å²) in [5, 5.41) is 0. The Hall–Kier alpha value is -7.02. The summed E-state index contributed by atoms with van der Waals surface area (Å²) >= 11 is 0. The first-order valence-corrected chi connectivity index (χ1v) is 33.1. The minimum atomic E-state index is 1.07. The summed E-state index contributed by atoms with van der Waals surface area (Å²) in [6, 6.07) is 70.9. The van der Waals surface area contributed by atoms with Crippen LogP contribution in [0.2, 0.25) is 0 Å². The van der Waals surface area contributed by atoms with E-state index in [1.54, 1.807) is 11.1 Å². The molecule has 83 heavy (non-hydrogen) atoms. The summed E-state index contributed by atoms with van der Waals surface area (Å²) in [6.45, 7) is 48.0. The topological polar surface area (TPSA) is 0 Å². The average molecular weight is 1110 g/mol. The highest BCUT2D eigenvalue weighted by Crippen LogP contribution is 2.47. The summed E-state index contributed by atoms with van der Waals surface area (Å²) < 4.78 is 0. The minimum Gasteiger partial charge on any atom is -0.0683 e. The van der Waals surface area contributed by atoms with Gasteiger partial charge in [-0.2, -0.15) is 0 Å². The van der Waals surface area contributed by atoms with Crippen molar-refractivity contribution in [1.82, 2.24) is 0 Å². The predicted molar refractivity (Wildman–Crippen MR) is 382 cm³/mol. The quantitative estimate of drug-likeness (QED) is 0.154. The van der Waals surface area contributed by atoms with E-state index in [2.05, 4.69) is 194 Å².